The normalized spacial score (nSPS) is 10.2. The number of halogens is 1. The highest BCUT2D eigenvalue weighted by Gasteiger charge is 2.01. The maximum atomic E-state index is 9.17. The molecule has 0 amide bonds. The van der Waals surface area contributed by atoms with Crippen molar-refractivity contribution in [2.24, 2.45) is 5.73 Å². The number of pyridine rings is 1. The van der Waals surface area contributed by atoms with Gasteiger partial charge in [0.25, 0.3) is 0 Å². The average molecular weight is 250 g/mol. The Hall–Kier alpha value is -1.78. The molecule has 1 aromatic heterocycles. The summed E-state index contributed by atoms with van der Waals surface area (Å²) >= 11 is 5.87. The van der Waals surface area contributed by atoms with Gasteiger partial charge >= 0.3 is 0 Å². The average Bonchev–Trinajstić information content (AvgIpc) is 2.31. The number of aromatic hydroxyl groups is 1. The van der Waals surface area contributed by atoms with E-state index in [-0.39, 0.29) is 5.75 Å². The van der Waals surface area contributed by atoms with Crippen LogP contribution in [0.2, 0.25) is 5.15 Å². The van der Waals surface area contributed by atoms with Gasteiger partial charge in [-0.1, -0.05) is 11.6 Å². The van der Waals surface area contributed by atoms with Crippen molar-refractivity contribution in [1.82, 2.24) is 4.98 Å². The molecule has 17 heavy (non-hydrogen) atoms. The van der Waals surface area contributed by atoms with Crippen molar-refractivity contribution in [2.75, 3.05) is 5.32 Å². The quantitative estimate of drug-likeness (QED) is 0.578. The van der Waals surface area contributed by atoms with Crippen LogP contribution < -0.4 is 11.1 Å². The van der Waals surface area contributed by atoms with E-state index in [0.717, 1.165) is 11.3 Å². The minimum absolute atomic E-state index is 0.220. The summed E-state index contributed by atoms with van der Waals surface area (Å²) < 4.78 is 0. The Morgan fingerprint density at radius 3 is 2.59 bits per heavy atom. The van der Waals surface area contributed by atoms with Crippen LogP contribution in [-0.2, 0) is 6.54 Å². The SMILES string of the molecule is NCc1cc(Cl)nc(Nc2ccc(O)cc2)c1. The van der Waals surface area contributed by atoms with E-state index in [0.29, 0.717) is 17.5 Å². The lowest BCUT2D eigenvalue weighted by Crippen LogP contribution is -2.00. The fourth-order valence-electron chi connectivity index (χ4n) is 1.42. The Morgan fingerprint density at radius 2 is 1.94 bits per heavy atom. The molecule has 1 heterocycles. The van der Waals surface area contributed by atoms with Gasteiger partial charge in [0.15, 0.2) is 0 Å². The first-order valence-corrected chi connectivity index (χ1v) is 5.48. The number of nitrogens with one attached hydrogen (secondary N) is 1. The van der Waals surface area contributed by atoms with Gasteiger partial charge in [-0.05, 0) is 42.0 Å². The molecule has 0 spiro atoms. The standard InChI is InChI=1S/C12H12ClN3O/c13-11-5-8(7-14)6-12(16-11)15-9-1-3-10(17)4-2-9/h1-6,17H,7,14H2,(H,15,16). The van der Waals surface area contributed by atoms with E-state index >= 15 is 0 Å². The third-order valence-corrected chi connectivity index (χ3v) is 2.42. The summed E-state index contributed by atoms with van der Waals surface area (Å²) in [5, 5.41) is 12.6. The molecule has 5 heteroatoms. The van der Waals surface area contributed by atoms with E-state index in [2.05, 4.69) is 10.3 Å². The van der Waals surface area contributed by atoms with E-state index in [1.54, 1.807) is 30.3 Å². The van der Waals surface area contributed by atoms with E-state index < -0.39 is 0 Å². The van der Waals surface area contributed by atoms with Crippen LogP contribution in [-0.4, -0.2) is 10.1 Å². The van der Waals surface area contributed by atoms with Crippen LogP contribution in [0.1, 0.15) is 5.56 Å². The number of hydrogen-bond acceptors (Lipinski definition) is 4. The zero-order valence-corrected chi connectivity index (χ0v) is 9.78. The zero-order chi connectivity index (χ0) is 12.3. The van der Waals surface area contributed by atoms with Gasteiger partial charge < -0.3 is 16.2 Å². The first-order chi connectivity index (χ1) is 8.17. The molecule has 0 radical (unpaired) electrons. The molecular formula is C12H12ClN3O. The molecule has 0 saturated carbocycles. The van der Waals surface area contributed by atoms with Crippen molar-refractivity contribution in [3.63, 3.8) is 0 Å². The van der Waals surface area contributed by atoms with Crippen molar-refractivity contribution in [1.29, 1.82) is 0 Å². The summed E-state index contributed by atoms with van der Waals surface area (Å²) in [6.07, 6.45) is 0. The highest BCUT2D eigenvalue weighted by atomic mass is 35.5. The molecule has 2 rings (SSSR count). The number of phenols is 1. The summed E-state index contributed by atoms with van der Waals surface area (Å²) in [4.78, 5) is 4.14. The van der Waals surface area contributed by atoms with Crippen LogP contribution in [0.15, 0.2) is 36.4 Å². The highest BCUT2D eigenvalue weighted by molar-refractivity contribution is 6.29. The number of aromatic nitrogens is 1. The second-order valence-electron chi connectivity index (χ2n) is 3.56. The molecule has 0 fully saturated rings. The van der Waals surface area contributed by atoms with Crippen LogP contribution in [0.3, 0.4) is 0 Å². The summed E-state index contributed by atoms with van der Waals surface area (Å²) in [5.41, 5.74) is 7.28. The Morgan fingerprint density at radius 1 is 1.24 bits per heavy atom. The number of anilines is 2. The highest BCUT2D eigenvalue weighted by Crippen LogP contribution is 2.20. The lowest BCUT2D eigenvalue weighted by atomic mass is 10.2. The molecule has 4 nitrogen and oxygen atoms in total. The Bertz CT molecular complexity index is 514. The molecule has 0 aliphatic rings. The molecule has 0 bridgehead atoms. The Kier molecular flexibility index (Phi) is 3.46. The molecule has 2 aromatic rings. The maximum Gasteiger partial charge on any atom is 0.132 e. The van der Waals surface area contributed by atoms with Crippen molar-refractivity contribution >= 4 is 23.1 Å². The molecule has 1 aromatic carbocycles. The molecule has 88 valence electrons. The maximum absolute atomic E-state index is 9.17. The molecule has 0 saturated heterocycles. The van der Waals surface area contributed by atoms with E-state index in [1.807, 2.05) is 6.07 Å². The van der Waals surface area contributed by atoms with Gasteiger partial charge in [-0.3, -0.25) is 0 Å². The molecular weight excluding hydrogens is 238 g/mol. The molecule has 0 unspecified atom stereocenters. The van der Waals surface area contributed by atoms with Gasteiger partial charge in [0.1, 0.15) is 16.7 Å². The van der Waals surface area contributed by atoms with Gasteiger partial charge in [0.05, 0.1) is 0 Å². The number of benzene rings is 1. The first kappa shape index (κ1) is 11.7. The zero-order valence-electron chi connectivity index (χ0n) is 9.02. The van der Waals surface area contributed by atoms with Gasteiger partial charge in [-0.2, -0.15) is 0 Å². The van der Waals surface area contributed by atoms with Crippen LogP contribution in [0, 0.1) is 0 Å². The predicted octanol–water partition coefficient (Wildman–Crippen LogP) is 2.64. The van der Waals surface area contributed by atoms with E-state index in [9.17, 15) is 0 Å². The smallest absolute Gasteiger partial charge is 0.132 e. The van der Waals surface area contributed by atoms with Crippen molar-refractivity contribution in [3.8, 4) is 5.75 Å². The van der Waals surface area contributed by atoms with Gasteiger partial charge in [-0.25, -0.2) is 4.98 Å². The van der Waals surface area contributed by atoms with Crippen LogP contribution in [0.25, 0.3) is 0 Å². The van der Waals surface area contributed by atoms with Crippen LogP contribution in [0.5, 0.6) is 5.75 Å². The Balaban J connectivity index is 2.23. The molecule has 0 atom stereocenters. The molecule has 0 aliphatic carbocycles. The first-order valence-electron chi connectivity index (χ1n) is 5.10. The van der Waals surface area contributed by atoms with Crippen LogP contribution >= 0.6 is 11.6 Å². The van der Waals surface area contributed by atoms with Crippen molar-refractivity contribution in [3.05, 3.63) is 47.1 Å². The topological polar surface area (TPSA) is 71.2 Å². The van der Waals surface area contributed by atoms with Crippen molar-refractivity contribution in [2.45, 2.75) is 6.54 Å². The third kappa shape index (κ3) is 3.09. The predicted molar refractivity (Wildman–Crippen MR) is 68.5 cm³/mol. The van der Waals surface area contributed by atoms with Gasteiger partial charge in [0, 0.05) is 12.2 Å². The lowest BCUT2D eigenvalue weighted by molar-refractivity contribution is 0.475. The van der Waals surface area contributed by atoms with E-state index in [1.165, 1.54) is 0 Å². The minimum atomic E-state index is 0.220. The second kappa shape index (κ2) is 5.03. The monoisotopic (exact) mass is 249 g/mol. The second-order valence-corrected chi connectivity index (χ2v) is 3.95. The minimum Gasteiger partial charge on any atom is -0.508 e. The number of nitrogens with two attached hydrogens (primary N) is 1. The van der Waals surface area contributed by atoms with Gasteiger partial charge in [-0.15, -0.1) is 0 Å². The number of nitrogens with zero attached hydrogens (tertiary/aromatic N) is 1. The molecule has 0 aliphatic heterocycles. The van der Waals surface area contributed by atoms with Crippen LogP contribution in [0.4, 0.5) is 11.5 Å². The molecule has 4 N–H and O–H groups in total. The summed E-state index contributed by atoms with van der Waals surface area (Å²) in [6, 6.07) is 10.2. The number of hydrogen-bond donors (Lipinski definition) is 3. The lowest BCUT2D eigenvalue weighted by Gasteiger charge is -2.07. The fourth-order valence-corrected chi connectivity index (χ4v) is 1.66. The fraction of sp³-hybridized carbons (Fsp3) is 0.0833. The Labute approximate surface area is 104 Å². The largest absolute Gasteiger partial charge is 0.508 e. The summed E-state index contributed by atoms with van der Waals surface area (Å²) in [6.45, 7) is 0.409. The van der Waals surface area contributed by atoms with E-state index in [4.69, 9.17) is 22.4 Å². The number of rotatable bonds is 3. The number of phenolic OH excluding ortho intramolecular Hbond substituents is 1. The van der Waals surface area contributed by atoms with Crippen molar-refractivity contribution < 1.29 is 5.11 Å². The summed E-state index contributed by atoms with van der Waals surface area (Å²) in [7, 11) is 0. The third-order valence-electron chi connectivity index (χ3n) is 2.23. The summed E-state index contributed by atoms with van der Waals surface area (Å²) in [5.74, 6) is 0.848. The van der Waals surface area contributed by atoms with Gasteiger partial charge in [0.2, 0.25) is 0 Å².